The van der Waals surface area contributed by atoms with Crippen molar-refractivity contribution in [1.29, 1.82) is 0 Å². The van der Waals surface area contributed by atoms with Gasteiger partial charge in [0.1, 0.15) is 5.60 Å². The molecule has 23 heavy (non-hydrogen) atoms. The number of carbonyl (C=O) groups excluding carboxylic acids is 1. The number of hydrogen-bond donors (Lipinski definition) is 2. The second-order valence-corrected chi connectivity index (χ2v) is 6.26. The molecule has 0 saturated carbocycles. The van der Waals surface area contributed by atoms with Crippen LogP contribution in [0.5, 0.6) is 0 Å². The summed E-state index contributed by atoms with van der Waals surface area (Å²) in [6.07, 6.45) is 0. The number of carbonyl (C=O) groups is 1. The van der Waals surface area contributed by atoms with Crippen LogP contribution in [0, 0.1) is 0 Å². The third kappa shape index (κ3) is 4.91. The summed E-state index contributed by atoms with van der Waals surface area (Å²) in [5, 5.41) is 13.3. The Morgan fingerprint density at radius 2 is 1.70 bits per heavy atom. The Kier molecular flexibility index (Phi) is 5.53. The largest absolute Gasteiger partial charge is 0.384 e. The minimum Gasteiger partial charge on any atom is -0.384 e. The molecule has 2 aromatic carbocycles. The molecule has 0 heterocycles. The summed E-state index contributed by atoms with van der Waals surface area (Å²) >= 11 is 0. The van der Waals surface area contributed by atoms with Gasteiger partial charge in [-0.2, -0.15) is 0 Å². The van der Waals surface area contributed by atoms with Gasteiger partial charge in [-0.05, 0) is 44.3 Å². The number of nitrogens with zero attached hydrogens (tertiary/aromatic N) is 1. The average molecular weight is 312 g/mol. The van der Waals surface area contributed by atoms with E-state index in [4.69, 9.17) is 0 Å². The van der Waals surface area contributed by atoms with Gasteiger partial charge < -0.3 is 15.3 Å². The molecule has 0 radical (unpaired) electrons. The van der Waals surface area contributed by atoms with Crippen molar-refractivity contribution in [3.63, 3.8) is 0 Å². The summed E-state index contributed by atoms with van der Waals surface area (Å²) in [5.74, 6) is -0.183. The number of amides is 1. The fourth-order valence-electron chi connectivity index (χ4n) is 2.38. The van der Waals surface area contributed by atoms with Crippen molar-refractivity contribution in [3.8, 4) is 0 Å². The van der Waals surface area contributed by atoms with Gasteiger partial charge in [0.2, 0.25) is 0 Å². The molecule has 122 valence electrons. The molecule has 0 aromatic heterocycles. The minimum atomic E-state index is -1.10. The summed E-state index contributed by atoms with van der Waals surface area (Å²) < 4.78 is 0. The van der Waals surface area contributed by atoms with Gasteiger partial charge in [-0.15, -0.1) is 0 Å². The molecule has 0 spiro atoms. The lowest BCUT2D eigenvalue weighted by Crippen LogP contribution is -2.38. The van der Waals surface area contributed by atoms with E-state index in [9.17, 15) is 9.90 Å². The first-order chi connectivity index (χ1) is 10.9. The molecule has 0 fully saturated rings. The first-order valence-corrected chi connectivity index (χ1v) is 7.68. The molecule has 0 aliphatic heterocycles. The third-order valence-corrected chi connectivity index (χ3v) is 3.70. The first-order valence-electron chi connectivity index (χ1n) is 7.68. The fraction of sp³-hybridized carbons (Fsp3) is 0.316. The second-order valence-electron chi connectivity index (χ2n) is 6.26. The highest BCUT2D eigenvalue weighted by Crippen LogP contribution is 2.19. The molecule has 1 atom stereocenters. The quantitative estimate of drug-likeness (QED) is 0.861. The highest BCUT2D eigenvalue weighted by molar-refractivity contribution is 5.94. The summed E-state index contributed by atoms with van der Waals surface area (Å²) in [5.41, 5.74) is 1.43. The Labute approximate surface area is 137 Å². The Bertz CT molecular complexity index is 634. The Hall–Kier alpha value is -2.17. The molecule has 2 rings (SSSR count). The topological polar surface area (TPSA) is 52.6 Å². The van der Waals surface area contributed by atoms with E-state index in [0.29, 0.717) is 5.56 Å². The van der Waals surface area contributed by atoms with Crippen LogP contribution in [0.3, 0.4) is 0 Å². The highest BCUT2D eigenvalue weighted by atomic mass is 16.3. The zero-order valence-corrected chi connectivity index (χ0v) is 13.9. The predicted octanol–water partition coefficient (Wildman–Crippen LogP) is 2.39. The van der Waals surface area contributed by atoms with Crippen molar-refractivity contribution in [2.24, 2.45) is 0 Å². The highest BCUT2D eigenvalue weighted by Gasteiger charge is 2.23. The Balaban J connectivity index is 1.96. The van der Waals surface area contributed by atoms with Crippen molar-refractivity contribution in [2.75, 3.05) is 20.6 Å². The van der Waals surface area contributed by atoms with Gasteiger partial charge >= 0.3 is 0 Å². The summed E-state index contributed by atoms with van der Waals surface area (Å²) in [6.45, 7) is 2.70. The van der Waals surface area contributed by atoms with Gasteiger partial charge in [-0.3, -0.25) is 4.79 Å². The van der Waals surface area contributed by atoms with Gasteiger partial charge in [-0.1, -0.05) is 42.5 Å². The molecule has 2 N–H and O–H groups in total. The molecule has 0 aliphatic rings. The molecule has 4 heteroatoms. The SMILES string of the molecule is CN(C)Cc1ccc(C(=O)NCC(C)(O)c2ccccc2)cc1. The lowest BCUT2D eigenvalue weighted by atomic mass is 9.96. The van der Waals surface area contributed by atoms with Crippen LogP contribution >= 0.6 is 0 Å². The van der Waals surface area contributed by atoms with Crippen molar-refractivity contribution in [1.82, 2.24) is 10.2 Å². The Morgan fingerprint density at radius 1 is 1.09 bits per heavy atom. The zero-order chi connectivity index (χ0) is 16.9. The maximum absolute atomic E-state index is 12.2. The summed E-state index contributed by atoms with van der Waals surface area (Å²) in [4.78, 5) is 14.3. The third-order valence-electron chi connectivity index (χ3n) is 3.70. The summed E-state index contributed by atoms with van der Waals surface area (Å²) in [7, 11) is 4.01. The maximum atomic E-state index is 12.2. The first kappa shape index (κ1) is 17.2. The molecular weight excluding hydrogens is 288 g/mol. The standard InChI is InChI=1S/C19H24N2O2/c1-19(23,17-7-5-4-6-8-17)14-20-18(22)16-11-9-15(10-12-16)13-21(2)3/h4-12,23H,13-14H2,1-3H3,(H,20,22). The van der Waals surface area contributed by atoms with Crippen LogP contribution in [0.1, 0.15) is 28.4 Å². The molecule has 1 unspecified atom stereocenters. The number of benzene rings is 2. The van der Waals surface area contributed by atoms with Crippen molar-refractivity contribution < 1.29 is 9.90 Å². The molecule has 4 nitrogen and oxygen atoms in total. The molecule has 1 amide bonds. The van der Waals surface area contributed by atoms with E-state index in [2.05, 4.69) is 10.2 Å². The van der Waals surface area contributed by atoms with Gasteiger partial charge in [0.25, 0.3) is 5.91 Å². The number of hydrogen-bond acceptors (Lipinski definition) is 3. The summed E-state index contributed by atoms with van der Waals surface area (Å²) in [6, 6.07) is 16.9. The number of nitrogens with one attached hydrogen (secondary N) is 1. The van der Waals surface area contributed by atoms with Crippen LogP contribution in [-0.2, 0) is 12.1 Å². The zero-order valence-electron chi connectivity index (χ0n) is 13.9. The molecule has 0 aliphatic carbocycles. The smallest absolute Gasteiger partial charge is 0.251 e. The maximum Gasteiger partial charge on any atom is 0.251 e. The van der Waals surface area contributed by atoms with Crippen LogP contribution in [0.15, 0.2) is 54.6 Å². The second kappa shape index (κ2) is 7.40. The normalized spacial score (nSPS) is 13.6. The van der Waals surface area contributed by atoms with Crippen molar-refractivity contribution in [2.45, 2.75) is 19.1 Å². The minimum absolute atomic E-state index is 0.162. The molecule has 2 aromatic rings. The van der Waals surface area contributed by atoms with E-state index in [-0.39, 0.29) is 12.5 Å². The van der Waals surface area contributed by atoms with Crippen molar-refractivity contribution in [3.05, 3.63) is 71.3 Å². The van der Waals surface area contributed by atoms with Gasteiger partial charge in [0.05, 0.1) is 6.54 Å². The van der Waals surface area contributed by atoms with E-state index < -0.39 is 5.60 Å². The van der Waals surface area contributed by atoms with Gasteiger partial charge in [0, 0.05) is 12.1 Å². The predicted molar refractivity (Wildman–Crippen MR) is 92.2 cm³/mol. The molecule has 0 saturated heterocycles. The Morgan fingerprint density at radius 3 is 2.26 bits per heavy atom. The van der Waals surface area contributed by atoms with Crippen LogP contribution in [0.4, 0.5) is 0 Å². The van der Waals surface area contributed by atoms with E-state index in [0.717, 1.165) is 17.7 Å². The molecule has 0 bridgehead atoms. The van der Waals surface area contributed by atoms with Gasteiger partial charge in [-0.25, -0.2) is 0 Å². The van der Waals surface area contributed by atoms with E-state index in [1.807, 2.05) is 68.7 Å². The van der Waals surface area contributed by atoms with Crippen LogP contribution in [0.2, 0.25) is 0 Å². The number of aliphatic hydroxyl groups is 1. The average Bonchev–Trinajstić information content (AvgIpc) is 2.54. The van der Waals surface area contributed by atoms with E-state index >= 15 is 0 Å². The van der Waals surface area contributed by atoms with Crippen LogP contribution < -0.4 is 5.32 Å². The lowest BCUT2D eigenvalue weighted by molar-refractivity contribution is 0.0526. The van der Waals surface area contributed by atoms with Crippen LogP contribution in [0.25, 0.3) is 0 Å². The fourth-order valence-corrected chi connectivity index (χ4v) is 2.38. The van der Waals surface area contributed by atoms with E-state index in [1.165, 1.54) is 0 Å². The van der Waals surface area contributed by atoms with Crippen LogP contribution in [-0.4, -0.2) is 36.6 Å². The van der Waals surface area contributed by atoms with Crippen molar-refractivity contribution >= 4 is 5.91 Å². The lowest BCUT2D eigenvalue weighted by Gasteiger charge is -2.24. The van der Waals surface area contributed by atoms with Gasteiger partial charge in [0.15, 0.2) is 0 Å². The van der Waals surface area contributed by atoms with E-state index in [1.54, 1.807) is 6.92 Å². The molecular formula is C19H24N2O2. The monoisotopic (exact) mass is 312 g/mol. The number of rotatable bonds is 6.